The van der Waals surface area contributed by atoms with Crippen LogP contribution in [0.1, 0.15) is 11.1 Å². The zero-order valence-corrected chi connectivity index (χ0v) is 11.2. The van der Waals surface area contributed by atoms with Crippen LogP contribution in [0.5, 0.6) is 0 Å². The van der Waals surface area contributed by atoms with Crippen LogP contribution in [0.25, 0.3) is 12.2 Å². The number of nitrogens with one attached hydrogen (secondary N) is 1. The fraction of sp³-hybridized carbons (Fsp3) is 0. The number of benzene rings is 2. The second kappa shape index (κ2) is 5.59. The molecule has 0 aromatic heterocycles. The Labute approximate surface area is 122 Å². The van der Waals surface area contributed by atoms with E-state index in [-0.39, 0.29) is 11.8 Å². The lowest BCUT2D eigenvalue weighted by atomic mass is 10.0. The molecule has 1 fully saturated rings. The fourth-order valence-corrected chi connectivity index (χ4v) is 2.20. The normalized spacial score (nSPS) is 18.3. The van der Waals surface area contributed by atoms with Crippen molar-refractivity contribution in [3.63, 3.8) is 0 Å². The Balaban J connectivity index is 2.05. The highest BCUT2D eigenvalue weighted by Gasteiger charge is 2.30. The minimum absolute atomic E-state index is 0.356. The molecule has 0 bridgehead atoms. The van der Waals surface area contributed by atoms with E-state index < -0.39 is 0 Å². The standard InChI is InChI=1S/C18H13NO2/c20-17-15(11-13-7-3-1-4-8-13)16(18(21)19-17)12-14-9-5-2-6-10-14/h1-12H,(H,19,20,21)/b15-11+,16-12+. The second-order valence-electron chi connectivity index (χ2n) is 4.72. The van der Waals surface area contributed by atoms with Crippen molar-refractivity contribution < 1.29 is 9.59 Å². The molecular weight excluding hydrogens is 262 g/mol. The van der Waals surface area contributed by atoms with Crippen molar-refractivity contribution in [2.24, 2.45) is 0 Å². The maximum absolute atomic E-state index is 11.9. The highest BCUT2D eigenvalue weighted by Crippen LogP contribution is 2.23. The quantitative estimate of drug-likeness (QED) is 0.676. The zero-order valence-electron chi connectivity index (χ0n) is 11.2. The third-order valence-electron chi connectivity index (χ3n) is 3.23. The van der Waals surface area contributed by atoms with E-state index in [1.807, 2.05) is 60.7 Å². The fourth-order valence-electron chi connectivity index (χ4n) is 2.20. The van der Waals surface area contributed by atoms with Crippen LogP contribution in [0.3, 0.4) is 0 Å². The molecule has 102 valence electrons. The lowest BCUT2D eigenvalue weighted by molar-refractivity contribution is -0.123. The van der Waals surface area contributed by atoms with E-state index in [0.717, 1.165) is 11.1 Å². The number of amides is 2. The van der Waals surface area contributed by atoms with Gasteiger partial charge < -0.3 is 0 Å². The van der Waals surface area contributed by atoms with Gasteiger partial charge in [0.25, 0.3) is 11.8 Å². The van der Waals surface area contributed by atoms with Gasteiger partial charge in [0.15, 0.2) is 0 Å². The Morgan fingerprint density at radius 3 is 1.38 bits per heavy atom. The number of imide groups is 1. The minimum Gasteiger partial charge on any atom is -0.288 e. The average Bonchev–Trinajstić information content (AvgIpc) is 2.76. The highest BCUT2D eigenvalue weighted by molar-refractivity contribution is 6.28. The molecule has 0 atom stereocenters. The predicted molar refractivity (Wildman–Crippen MR) is 82.0 cm³/mol. The van der Waals surface area contributed by atoms with Gasteiger partial charge in [0.05, 0.1) is 11.1 Å². The Hall–Kier alpha value is -2.94. The Bertz CT molecular complexity index is 678. The monoisotopic (exact) mass is 275 g/mol. The van der Waals surface area contributed by atoms with Crippen molar-refractivity contribution in [1.29, 1.82) is 0 Å². The summed E-state index contributed by atoms with van der Waals surface area (Å²) in [7, 11) is 0. The van der Waals surface area contributed by atoms with Crippen molar-refractivity contribution in [3.8, 4) is 0 Å². The summed E-state index contributed by atoms with van der Waals surface area (Å²) in [6.45, 7) is 0. The average molecular weight is 275 g/mol. The van der Waals surface area contributed by atoms with Crippen molar-refractivity contribution in [1.82, 2.24) is 5.32 Å². The van der Waals surface area contributed by atoms with E-state index in [1.54, 1.807) is 12.2 Å². The van der Waals surface area contributed by atoms with E-state index in [1.165, 1.54) is 0 Å². The van der Waals surface area contributed by atoms with Gasteiger partial charge >= 0.3 is 0 Å². The summed E-state index contributed by atoms with van der Waals surface area (Å²) in [6, 6.07) is 18.9. The van der Waals surface area contributed by atoms with Gasteiger partial charge in [-0.2, -0.15) is 0 Å². The molecule has 1 N–H and O–H groups in total. The first-order valence-corrected chi connectivity index (χ1v) is 6.63. The molecule has 3 heteroatoms. The molecule has 1 heterocycles. The van der Waals surface area contributed by atoms with E-state index >= 15 is 0 Å². The molecule has 0 unspecified atom stereocenters. The van der Waals surface area contributed by atoms with Crippen LogP contribution < -0.4 is 5.32 Å². The summed E-state index contributed by atoms with van der Waals surface area (Å²) in [5, 5.41) is 2.34. The van der Waals surface area contributed by atoms with Gasteiger partial charge in [-0.3, -0.25) is 14.9 Å². The predicted octanol–water partition coefficient (Wildman–Crippen LogP) is 2.81. The summed E-state index contributed by atoms with van der Waals surface area (Å²) in [6.07, 6.45) is 3.46. The molecule has 0 aliphatic carbocycles. The number of carbonyl (C=O) groups is 2. The van der Waals surface area contributed by atoms with E-state index in [9.17, 15) is 9.59 Å². The molecule has 3 rings (SSSR count). The van der Waals surface area contributed by atoms with Crippen molar-refractivity contribution in [3.05, 3.63) is 82.9 Å². The van der Waals surface area contributed by atoms with Crippen molar-refractivity contribution in [2.45, 2.75) is 0 Å². The van der Waals surface area contributed by atoms with Crippen LogP contribution in [0.15, 0.2) is 71.8 Å². The summed E-state index contributed by atoms with van der Waals surface area (Å²) >= 11 is 0. The van der Waals surface area contributed by atoms with Gasteiger partial charge in [-0.15, -0.1) is 0 Å². The van der Waals surface area contributed by atoms with Crippen LogP contribution in [-0.4, -0.2) is 11.8 Å². The van der Waals surface area contributed by atoms with E-state index in [2.05, 4.69) is 5.32 Å². The molecule has 0 saturated carbocycles. The van der Waals surface area contributed by atoms with Gasteiger partial charge in [0, 0.05) is 0 Å². The first-order chi connectivity index (χ1) is 10.2. The van der Waals surface area contributed by atoms with Crippen LogP contribution in [-0.2, 0) is 9.59 Å². The molecule has 1 aliphatic heterocycles. The van der Waals surface area contributed by atoms with Crippen LogP contribution in [0.2, 0.25) is 0 Å². The van der Waals surface area contributed by atoms with Gasteiger partial charge in [0.1, 0.15) is 0 Å². The van der Waals surface area contributed by atoms with Crippen molar-refractivity contribution >= 4 is 24.0 Å². The summed E-state index contributed by atoms with van der Waals surface area (Å²) < 4.78 is 0. The van der Waals surface area contributed by atoms with Crippen LogP contribution >= 0.6 is 0 Å². The third kappa shape index (κ3) is 2.82. The SMILES string of the molecule is O=C1NC(=O)C(=C/c2ccccc2)/C1=C\c1ccccc1. The van der Waals surface area contributed by atoms with Crippen LogP contribution in [0, 0.1) is 0 Å². The Morgan fingerprint density at radius 2 is 1.00 bits per heavy atom. The lowest BCUT2D eigenvalue weighted by Gasteiger charge is -1.99. The first kappa shape index (κ1) is 13.1. The van der Waals surface area contributed by atoms with Gasteiger partial charge in [-0.1, -0.05) is 60.7 Å². The van der Waals surface area contributed by atoms with Gasteiger partial charge in [-0.05, 0) is 23.3 Å². The van der Waals surface area contributed by atoms with Gasteiger partial charge in [0.2, 0.25) is 0 Å². The van der Waals surface area contributed by atoms with Gasteiger partial charge in [-0.25, -0.2) is 0 Å². The topological polar surface area (TPSA) is 46.2 Å². The zero-order chi connectivity index (χ0) is 14.7. The third-order valence-corrected chi connectivity index (χ3v) is 3.23. The second-order valence-corrected chi connectivity index (χ2v) is 4.72. The van der Waals surface area contributed by atoms with E-state index in [0.29, 0.717) is 11.1 Å². The summed E-state index contributed by atoms with van der Waals surface area (Å²) in [4.78, 5) is 23.9. The molecule has 0 radical (unpaired) electrons. The molecular formula is C18H13NO2. The number of rotatable bonds is 2. The molecule has 2 aromatic carbocycles. The Kier molecular flexibility index (Phi) is 3.48. The first-order valence-electron chi connectivity index (χ1n) is 6.63. The largest absolute Gasteiger partial charge is 0.288 e. The molecule has 2 aromatic rings. The maximum atomic E-state index is 11.9. The summed E-state index contributed by atoms with van der Waals surface area (Å²) in [5.74, 6) is -0.711. The number of hydrogen-bond donors (Lipinski definition) is 1. The van der Waals surface area contributed by atoms with Crippen LogP contribution in [0.4, 0.5) is 0 Å². The molecule has 2 amide bonds. The maximum Gasteiger partial charge on any atom is 0.258 e. The molecule has 3 nitrogen and oxygen atoms in total. The van der Waals surface area contributed by atoms with Crippen molar-refractivity contribution in [2.75, 3.05) is 0 Å². The van der Waals surface area contributed by atoms with E-state index in [4.69, 9.17) is 0 Å². The molecule has 21 heavy (non-hydrogen) atoms. The lowest BCUT2D eigenvalue weighted by Crippen LogP contribution is -2.19. The number of carbonyl (C=O) groups excluding carboxylic acids is 2. The molecule has 1 aliphatic rings. The Morgan fingerprint density at radius 1 is 0.619 bits per heavy atom. The minimum atomic E-state index is -0.356. The molecule has 1 saturated heterocycles. The highest BCUT2D eigenvalue weighted by atomic mass is 16.2. The molecule has 0 spiro atoms. The number of hydrogen-bond acceptors (Lipinski definition) is 2. The smallest absolute Gasteiger partial charge is 0.258 e. The summed E-state index contributed by atoms with van der Waals surface area (Å²) in [5.41, 5.74) is 2.57.